The van der Waals surface area contributed by atoms with Gasteiger partial charge in [0, 0.05) is 11.9 Å². The van der Waals surface area contributed by atoms with E-state index in [4.69, 9.17) is 16.3 Å². The van der Waals surface area contributed by atoms with Crippen LogP contribution in [-0.4, -0.2) is 23.4 Å². The molecular formula is C11H22Cl2N2OSi. The zero-order chi connectivity index (χ0) is 12.3. The van der Waals surface area contributed by atoms with Crippen molar-refractivity contribution in [2.45, 2.75) is 51.8 Å². The number of imidazole rings is 1. The summed E-state index contributed by atoms with van der Waals surface area (Å²) in [6.07, 6.45) is 1.96. The molecule has 0 radical (unpaired) electrons. The summed E-state index contributed by atoms with van der Waals surface area (Å²) in [5.74, 6) is 1.41. The van der Waals surface area contributed by atoms with Crippen LogP contribution in [0.3, 0.4) is 0 Å². The van der Waals surface area contributed by atoms with Gasteiger partial charge in [0.15, 0.2) is 0 Å². The monoisotopic (exact) mass is 296 g/mol. The molecule has 0 aliphatic rings. The largest absolute Gasteiger partial charge is 0.361 e. The molecule has 6 heteroatoms. The van der Waals surface area contributed by atoms with E-state index >= 15 is 0 Å². The second-order valence-corrected chi connectivity index (χ2v) is 11.0. The number of halogens is 2. The van der Waals surface area contributed by atoms with Crippen molar-refractivity contribution in [3.63, 3.8) is 0 Å². The molecule has 1 rings (SSSR count). The lowest BCUT2D eigenvalue weighted by atomic mass is 10.6. The molecule has 0 bridgehead atoms. The minimum absolute atomic E-state index is 0. The first kappa shape index (κ1) is 17.0. The van der Waals surface area contributed by atoms with Gasteiger partial charge in [0.05, 0.1) is 19.6 Å². The zero-order valence-corrected chi connectivity index (χ0v) is 13.7. The maximum Gasteiger partial charge on any atom is 0.123 e. The minimum atomic E-state index is -1.22. The topological polar surface area (TPSA) is 27.1 Å². The number of aromatic nitrogens is 2. The molecule has 1 heterocycles. The quantitative estimate of drug-likeness (QED) is 0.613. The van der Waals surface area contributed by atoms with Gasteiger partial charge in [-0.1, -0.05) is 19.6 Å². The number of hydrogen-bond acceptors (Lipinski definition) is 2. The Morgan fingerprint density at radius 1 is 1.47 bits per heavy atom. The molecule has 0 spiro atoms. The standard InChI is InChI=1S/C11H21ClN2OSi.ClH/c1-9-13-11(6-12)7-14(9)8-15-10(2)16(3,4)5;/h7,10H,6,8H2,1-5H3;1H. The van der Waals surface area contributed by atoms with E-state index in [0.717, 1.165) is 11.5 Å². The molecule has 1 aromatic heterocycles. The summed E-state index contributed by atoms with van der Waals surface area (Å²) in [7, 11) is -1.22. The number of rotatable bonds is 5. The third-order valence-electron chi connectivity index (χ3n) is 2.85. The number of aryl methyl sites for hydroxylation is 1. The smallest absolute Gasteiger partial charge is 0.123 e. The SMILES string of the molecule is Cc1nc(CCl)cn1COC(C)[Si](C)(C)C.Cl. The van der Waals surface area contributed by atoms with Crippen molar-refractivity contribution < 1.29 is 4.74 Å². The van der Waals surface area contributed by atoms with E-state index in [1.165, 1.54) is 0 Å². The average Bonchev–Trinajstić information content (AvgIpc) is 2.54. The predicted molar refractivity (Wildman–Crippen MR) is 77.7 cm³/mol. The fourth-order valence-corrected chi connectivity index (χ4v) is 1.91. The van der Waals surface area contributed by atoms with Crippen molar-refractivity contribution in [1.82, 2.24) is 9.55 Å². The molecule has 0 aliphatic carbocycles. The van der Waals surface area contributed by atoms with Gasteiger partial charge >= 0.3 is 0 Å². The highest BCUT2D eigenvalue weighted by atomic mass is 35.5. The highest BCUT2D eigenvalue weighted by Gasteiger charge is 2.23. The van der Waals surface area contributed by atoms with Crippen LogP contribution < -0.4 is 0 Å². The molecule has 1 aromatic rings. The second-order valence-electron chi connectivity index (χ2n) is 5.19. The number of hydrogen-bond donors (Lipinski definition) is 0. The maximum absolute atomic E-state index is 5.87. The van der Waals surface area contributed by atoms with Gasteiger partial charge in [0.25, 0.3) is 0 Å². The molecule has 3 nitrogen and oxygen atoms in total. The van der Waals surface area contributed by atoms with Gasteiger partial charge in [-0.05, 0) is 13.8 Å². The van der Waals surface area contributed by atoms with Gasteiger partial charge in [0.1, 0.15) is 12.6 Å². The van der Waals surface area contributed by atoms with Crippen LogP contribution in [-0.2, 0) is 17.3 Å². The van der Waals surface area contributed by atoms with Crippen molar-refractivity contribution in [3.05, 3.63) is 17.7 Å². The highest BCUT2D eigenvalue weighted by molar-refractivity contribution is 6.77. The molecule has 0 saturated carbocycles. The first-order valence-corrected chi connectivity index (χ1v) is 9.66. The molecule has 0 aromatic carbocycles. The average molecular weight is 297 g/mol. The molecule has 100 valence electrons. The summed E-state index contributed by atoms with van der Waals surface area (Å²) in [5, 5.41) is 0. The third kappa shape index (κ3) is 5.00. The van der Waals surface area contributed by atoms with Crippen LogP contribution in [0.15, 0.2) is 6.20 Å². The lowest BCUT2D eigenvalue weighted by molar-refractivity contribution is 0.0553. The van der Waals surface area contributed by atoms with Gasteiger partial charge < -0.3 is 9.30 Å². The van der Waals surface area contributed by atoms with Crippen LogP contribution >= 0.6 is 24.0 Å². The van der Waals surface area contributed by atoms with Crippen molar-refractivity contribution in [3.8, 4) is 0 Å². The number of alkyl halides is 1. The van der Waals surface area contributed by atoms with E-state index in [2.05, 4.69) is 31.5 Å². The predicted octanol–water partition coefficient (Wildman–Crippen LogP) is 3.59. The molecular weight excluding hydrogens is 275 g/mol. The van der Waals surface area contributed by atoms with E-state index < -0.39 is 8.07 Å². The van der Waals surface area contributed by atoms with Gasteiger partial charge in [-0.3, -0.25) is 0 Å². The van der Waals surface area contributed by atoms with Crippen LogP contribution in [0.5, 0.6) is 0 Å². The number of ether oxygens (including phenoxy) is 1. The van der Waals surface area contributed by atoms with E-state index in [-0.39, 0.29) is 12.4 Å². The Kier molecular flexibility index (Phi) is 6.77. The van der Waals surface area contributed by atoms with Crippen molar-refractivity contribution in [2.24, 2.45) is 0 Å². The van der Waals surface area contributed by atoms with Gasteiger partial charge in [0.2, 0.25) is 0 Å². The highest BCUT2D eigenvalue weighted by Crippen LogP contribution is 2.12. The Morgan fingerprint density at radius 3 is 2.47 bits per heavy atom. The fourth-order valence-electron chi connectivity index (χ4n) is 1.21. The molecule has 17 heavy (non-hydrogen) atoms. The summed E-state index contributed by atoms with van der Waals surface area (Å²) < 4.78 is 7.88. The van der Waals surface area contributed by atoms with Crippen molar-refractivity contribution in [2.75, 3.05) is 0 Å². The summed E-state index contributed by atoms with van der Waals surface area (Å²) in [6, 6.07) is 0. The second kappa shape index (κ2) is 6.78. The molecule has 0 amide bonds. The fraction of sp³-hybridized carbons (Fsp3) is 0.727. The Balaban J connectivity index is 0.00000256. The van der Waals surface area contributed by atoms with Gasteiger partial charge in [-0.15, -0.1) is 24.0 Å². The summed E-state index contributed by atoms with van der Waals surface area (Å²) in [5.41, 5.74) is 1.25. The molecule has 0 saturated heterocycles. The van der Waals surface area contributed by atoms with Crippen LogP contribution in [0.4, 0.5) is 0 Å². The lowest BCUT2D eigenvalue weighted by Gasteiger charge is -2.25. The van der Waals surface area contributed by atoms with Gasteiger partial charge in [-0.25, -0.2) is 4.98 Å². The lowest BCUT2D eigenvalue weighted by Crippen LogP contribution is -2.38. The molecule has 1 atom stereocenters. The molecule has 0 aliphatic heterocycles. The third-order valence-corrected chi connectivity index (χ3v) is 5.73. The van der Waals surface area contributed by atoms with E-state index in [0.29, 0.717) is 18.3 Å². The molecule has 0 N–H and O–H groups in total. The van der Waals surface area contributed by atoms with E-state index in [1.54, 1.807) is 0 Å². The first-order chi connectivity index (χ1) is 7.34. The summed E-state index contributed by atoms with van der Waals surface area (Å²) >= 11 is 5.74. The molecule has 1 unspecified atom stereocenters. The molecule has 0 fully saturated rings. The Bertz CT molecular complexity index is 350. The first-order valence-electron chi connectivity index (χ1n) is 5.55. The zero-order valence-electron chi connectivity index (χ0n) is 11.2. The van der Waals surface area contributed by atoms with Gasteiger partial charge in [-0.2, -0.15) is 0 Å². The van der Waals surface area contributed by atoms with Crippen LogP contribution in [0.25, 0.3) is 0 Å². The normalized spacial score (nSPS) is 13.3. The van der Waals surface area contributed by atoms with Crippen LogP contribution in [0.2, 0.25) is 19.6 Å². The Morgan fingerprint density at radius 2 is 2.06 bits per heavy atom. The maximum atomic E-state index is 5.87. The Labute approximate surface area is 116 Å². The van der Waals surface area contributed by atoms with Crippen molar-refractivity contribution >= 4 is 32.1 Å². The van der Waals surface area contributed by atoms with Crippen LogP contribution in [0, 0.1) is 6.92 Å². The number of nitrogens with zero attached hydrogens (tertiary/aromatic N) is 2. The Hall–Kier alpha value is -0.0331. The van der Waals surface area contributed by atoms with E-state index in [9.17, 15) is 0 Å². The van der Waals surface area contributed by atoms with Crippen LogP contribution in [0.1, 0.15) is 18.4 Å². The summed E-state index contributed by atoms with van der Waals surface area (Å²) in [4.78, 5) is 4.33. The summed E-state index contributed by atoms with van der Waals surface area (Å²) in [6.45, 7) is 11.6. The van der Waals surface area contributed by atoms with Crippen molar-refractivity contribution in [1.29, 1.82) is 0 Å². The minimum Gasteiger partial charge on any atom is -0.361 e. The van der Waals surface area contributed by atoms with E-state index in [1.807, 2.05) is 17.7 Å².